The summed E-state index contributed by atoms with van der Waals surface area (Å²) >= 11 is 3.40. The van der Waals surface area contributed by atoms with Gasteiger partial charge in [0.1, 0.15) is 17.7 Å². The fourth-order valence-electron chi connectivity index (χ4n) is 2.94. The molecule has 0 aliphatic heterocycles. The van der Waals surface area contributed by atoms with E-state index >= 15 is 0 Å². The molecule has 0 aliphatic carbocycles. The summed E-state index contributed by atoms with van der Waals surface area (Å²) < 4.78 is 6.39. The molecule has 2 unspecified atom stereocenters. The van der Waals surface area contributed by atoms with Gasteiger partial charge in [-0.25, -0.2) is 14.4 Å². The van der Waals surface area contributed by atoms with Crippen molar-refractivity contribution >= 4 is 39.9 Å². The number of urea groups is 1. The topological polar surface area (TPSA) is 154 Å². The molecule has 0 fully saturated rings. The Bertz CT molecular complexity index is 825. The highest BCUT2D eigenvalue weighted by Gasteiger charge is 2.28. The molecule has 0 saturated carbocycles. The van der Waals surface area contributed by atoms with Gasteiger partial charge in [-0.3, -0.25) is 4.79 Å². The zero-order valence-corrected chi connectivity index (χ0v) is 21.3. The summed E-state index contributed by atoms with van der Waals surface area (Å²) in [4.78, 5) is 46.9. The van der Waals surface area contributed by atoms with E-state index < -0.39 is 48.0 Å². The Hall–Kier alpha value is -2.66. The van der Waals surface area contributed by atoms with Gasteiger partial charge in [-0.2, -0.15) is 0 Å². The zero-order valence-electron chi connectivity index (χ0n) is 19.7. The minimum absolute atomic E-state index is 0.279. The highest BCUT2D eigenvalue weighted by atomic mass is 79.9. The lowest BCUT2D eigenvalue weighted by atomic mass is 10.1. The molecule has 190 valence electrons. The lowest BCUT2D eigenvalue weighted by Gasteiger charge is -2.25. The average Bonchev–Trinajstić information content (AvgIpc) is 2.72. The van der Waals surface area contributed by atoms with Crippen LogP contribution in [0.15, 0.2) is 28.7 Å². The Balaban J connectivity index is 2.58. The maximum absolute atomic E-state index is 12.6. The molecular weight excluding hydrogens is 510 g/mol. The van der Waals surface area contributed by atoms with Gasteiger partial charge in [-0.15, -0.1) is 0 Å². The van der Waals surface area contributed by atoms with Crippen LogP contribution in [0.25, 0.3) is 0 Å². The highest BCUT2D eigenvalue weighted by Crippen LogP contribution is 2.12. The van der Waals surface area contributed by atoms with Crippen LogP contribution in [0.2, 0.25) is 0 Å². The van der Waals surface area contributed by atoms with Gasteiger partial charge in [0.25, 0.3) is 0 Å². The molecule has 1 aromatic rings. The van der Waals surface area contributed by atoms with E-state index in [2.05, 4.69) is 31.9 Å². The maximum Gasteiger partial charge on any atom is 0.329 e. The number of hydrogen-bond acceptors (Lipinski definition) is 6. The van der Waals surface area contributed by atoms with Gasteiger partial charge >= 0.3 is 23.9 Å². The lowest BCUT2D eigenvalue weighted by Crippen LogP contribution is -2.52. The summed E-state index contributed by atoms with van der Waals surface area (Å²) in [5.41, 5.74) is 0.384. The van der Waals surface area contributed by atoms with E-state index in [4.69, 9.17) is 9.84 Å². The van der Waals surface area contributed by atoms with Crippen LogP contribution in [-0.4, -0.2) is 58.4 Å². The fourth-order valence-corrected chi connectivity index (χ4v) is 3.20. The summed E-state index contributed by atoms with van der Waals surface area (Å²) in [5, 5.41) is 26.0. The van der Waals surface area contributed by atoms with E-state index in [0.717, 1.165) is 16.5 Å². The van der Waals surface area contributed by atoms with Crippen molar-refractivity contribution in [3.63, 3.8) is 0 Å². The van der Waals surface area contributed by atoms with Crippen LogP contribution in [0.1, 0.15) is 58.4 Å². The van der Waals surface area contributed by atoms with E-state index in [0.29, 0.717) is 25.9 Å². The molecule has 10 nitrogen and oxygen atoms in total. The van der Waals surface area contributed by atoms with Crippen LogP contribution in [0.5, 0.6) is 0 Å². The Morgan fingerprint density at radius 1 is 0.971 bits per heavy atom. The normalized spacial score (nSPS) is 12.9. The zero-order chi connectivity index (χ0) is 25.7. The van der Waals surface area contributed by atoms with Crippen LogP contribution in [0, 0.1) is 0 Å². The maximum atomic E-state index is 12.6. The Kier molecular flexibility index (Phi) is 12.6. The third-order valence-electron chi connectivity index (χ3n) is 4.59. The molecule has 11 heteroatoms. The van der Waals surface area contributed by atoms with Gasteiger partial charge in [-0.05, 0) is 70.7 Å². The SMILES string of the molecule is CC(C)(C)OC(=O)C(CCCCNCc1ccc(Br)cc1)NC(=O)NC(CCC(=O)O)C(=O)O. The van der Waals surface area contributed by atoms with E-state index in [9.17, 15) is 24.3 Å². The summed E-state index contributed by atoms with van der Waals surface area (Å²) in [7, 11) is 0. The first-order valence-corrected chi connectivity index (χ1v) is 11.9. The summed E-state index contributed by atoms with van der Waals surface area (Å²) in [6, 6.07) is 4.73. The number of amides is 2. The van der Waals surface area contributed by atoms with Crippen molar-refractivity contribution in [2.45, 2.75) is 77.1 Å². The van der Waals surface area contributed by atoms with E-state index in [1.165, 1.54) is 0 Å². The number of hydrogen-bond donors (Lipinski definition) is 5. The van der Waals surface area contributed by atoms with Gasteiger partial charge in [0.15, 0.2) is 0 Å². The van der Waals surface area contributed by atoms with Crippen LogP contribution in [-0.2, 0) is 25.7 Å². The molecular formula is C23H34BrN3O7. The van der Waals surface area contributed by atoms with Gasteiger partial charge in [0.2, 0.25) is 0 Å². The standard InChI is InChI=1S/C23H34BrN3O7/c1-23(2,3)34-21(32)18(27-22(33)26-17(20(30)31)11-12-19(28)29)6-4-5-13-25-14-15-7-9-16(24)10-8-15/h7-10,17-18,25H,4-6,11-14H2,1-3H3,(H,28,29)(H,30,31)(H2,26,27,33). The summed E-state index contributed by atoms with van der Waals surface area (Å²) in [6.07, 6.45) is 0.961. The van der Waals surface area contributed by atoms with Crippen molar-refractivity contribution in [1.82, 2.24) is 16.0 Å². The van der Waals surface area contributed by atoms with Crippen molar-refractivity contribution < 1.29 is 34.1 Å². The van der Waals surface area contributed by atoms with Gasteiger partial charge < -0.3 is 30.9 Å². The molecule has 34 heavy (non-hydrogen) atoms. The van der Waals surface area contributed by atoms with E-state index in [-0.39, 0.29) is 6.42 Å². The van der Waals surface area contributed by atoms with Crippen LogP contribution in [0.4, 0.5) is 4.79 Å². The molecule has 5 N–H and O–H groups in total. The number of ether oxygens (including phenoxy) is 1. The first kappa shape index (κ1) is 29.4. The first-order valence-electron chi connectivity index (χ1n) is 11.1. The number of rotatable bonds is 14. The molecule has 0 spiro atoms. The monoisotopic (exact) mass is 543 g/mol. The number of carbonyl (C=O) groups excluding carboxylic acids is 2. The molecule has 0 bridgehead atoms. The number of benzene rings is 1. The van der Waals surface area contributed by atoms with Crippen molar-refractivity contribution in [2.75, 3.05) is 6.54 Å². The molecule has 0 aromatic heterocycles. The predicted molar refractivity (Wildman–Crippen MR) is 129 cm³/mol. The van der Waals surface area contributed by atoms with Gasteiger partial charge in [0, 0.05) is 17.4 Å². The van der Waals surface area contributed by atoms with E-state index in [1.807, 2.05) is 24.3 Å². The Morgan fingerprint density at radius 3 is 2.15 bits per heavy atom. The Morgan fingerprint density at radius 2 is 1.59 bits per heavy atom. The largest absolute Gasteiger partial charge is 0.481 e. The van der Waals surface area contributed by atoms with Crippen molar-refractivity contribution in [3.05, 3.63) is 34.3 Å². The van der Waals surface area contributed by atoms with Gasteiger partial charge in [0.05, 0.1) is 0 Å². The number of carboxylic acids is 2. The summed E-state index contributed by atoms with van der Waals surface area (Å²) in [6.45, 7) is 6.54. The second kappa shape index (κ2) is 14.6. The third-order valence-corrected chi connectivity index (χ3v) is 5.11. The molecule has 0 heterocycles. The number of carboxylic acid groups (broad SMARTS) is 2. The second-order valence-corrected chi connectivity index (χ2v) is 9.74. The van der Waals surface area contributed by atoms with Crippen molar-refractivity contribution in [1.29, 1.82) is 0 Å². The minimum atomic E-state index is -1.39. The summed E-state index contributed by atoms with van der Waals surface area (Å²) in [5.74, 6) is -3.15. The third kappa shape index (κ3) is 13.1. The fraction of sp³-hybridized carbons (Fsp3) is 0.565. The highest BCUT2D eigenvalue weighted by molar-refractivity contribution is 9.10. The number of halogens is 1. The van der Waals surface area contributed by atoms with Crippen LogP contribution in [0.3, 0.4) is 0 Å². The van der Waals surface area contributed by atoms with Crippen molar-refractivity contribution in [2.24, 2.45) is 0 Å². The smallest absolute Gasteiger partial charge is 0.329 e. The first-order chi connectivity index (χ1) is 15.9. The number of nitrogens with one attached hydrogen (secondary N) is 3. The number of unbranched alkanes of at least 4 members (excludes halogenated alkanes) is 1. The molecule has 1 aromatic carbocycles. The second-order valence-electron chi connectivity index (χ2n) is 8.83. The number of carbonyl (C=O) groups is 4. The van der Waals surface area contributed by atoms with Gasteiger partial charge in [-0.1, -0.05) is 28.1 Å². The molecule has 1 rings (SSSR count). The Labute approximate surface area is 208 Å². The molecule has 2 atom stereocenters. The average molecular weight is 544 g/mol. The molecule has 0 aliphatic rings. The molecule has 0 radical (unpaired) electrons. The minimum Gasteiger partial charge on any atom is -0.481 e. The van der Waals surface area contributed by atoms with E-state index in [1.54, 1.807) is 20.8 Å². The number of aliphatic carboxylic acids is 2. The van der Waals surface area contributed by atoms with Crippen LogP contribution >= 0.6 is 15.9 Å². The van der Waals surface area contributed by atoms with Crippen molar-refractivity contribution in [3.8, 4) is 0 Å². The number of esters is 1. The van der Waals surface area contributed by atoms with Crippen LogP contribution < -0.4 is 16.0 Å². The quantitative estimate of drug-likeness (QED) is 0.177. The predicted octanol–water partition coefficient (Wildman–Crippen LogP) is 3.04. The molecule has 0 saturated heterocycles. The lowest BCUT2D eigenvalue weighted by molar-refractivity contribution is -0.157. The molecule has 2 amide bonds.